The number of nitrogens with zero attached hydrogens (tertiary/aromatic N) is 1. The second kappa shape index (κ2) is 6.85. The fraction of sp³-hybridized carbons (Fsp3) is 0. The molecule has 3 aromatic carbocycles. The lowest BCUT2D eigenvalue weighted by Crippen LogP contribution is -1.99. The predicted molar refractivity (Wildman–Crippen MR) is 112 cm³/mol. The molecule has 5 heteroatoms. The molecular weight excluding hydrogens is 387 g/mol. The third kappa shape index (κ3) is 3.31. The van der Waals surface area contributed by atoms with Gasteiger partial charge in [-0.3, -0.25) is 0 Å². The molecule has 0 spiro atoms. The van der Waals surface area contributed by atoms with E-state index in [1.54, 1.807) is 12.1 Å². The van der Waals surface area contributed by atoms with Gasteiger partial charge in [-0.1, -0.05) is 57.8 Å². The second-order valence-corrected chi connectivity index (χ2v) is 7.14. The van der Waals surface area contributed by atoms with Crippen molar-refractivity contribution < 1.29 is 5.11 Å². The molecule has 0 saturated heterocycles. The van der Waals surface area contributed by atoms with Gasteiger partial charge in [0.2, 0.25) is 0 Å². The van der Waals surface area contributed by atoms with Crippen molar-refractivity contribution in [1.29, 1.82) is 0 Å². The third-order valence-corrected chi connectivity index (χ3v) is 4.83. The second-order valence-electron chi connectivity index (χ2n) is 6.23. The minimum absolute atomic E-state index is 0.243. The molecule has 1 aromatic heterocycles. The summed E-state index contributed by atoms with van der Waals surface area (Å²) >= 11 is 3.49. The molecule has 0 aliphatic heterocycles. The Bertz CT molecular complexity index is 976. The number of nitrogens with one attached hydrogen (secondary N) is 1. The topological polar surface area (TPSA) is 48.9 Å². The van der Waals surface area contributed by atoms with Crippen molar-refractivity contribution in [1.82, 2.24) is 9.97 Å². The normalized spacial score (nSPS) is 10.8. The van der Waals surface area contributed by atoms with E-state index in [1.807, 2.05) is 24.3 Å². The molecule has 0 radical (unpaired) electrons. The van der Waals surface area contributed by atoms with Crippen molar-refractivity contribution in [3.8, 4) is 39.7 Å². The molecule has 2 N–H and O–H groups in total. The molecule has 4 aromatic rings. The molecule has 0 saturated carbocycles. The Labute approximate surface area is 161 Å². The van der Waals surface area contributed by atoms with Crippen LogP contribution in [0.4, 0.5) is 0 Å². The van der Waals surface area contributed by atoms with Crippen LogP contribution in [0.2, 0.25) is 0 Å². The highest BCUT2D eigenvalue weighted by molar-refractivity contribution is 9.10. The van der Waals surface area contributed by atoms with Crippen LogP contribution < -0.4 is 5.46 Å². The van der Waals surface area contributed by atoms with Gasteiger partial charge >= 0.3 is 0 Å². The predicted octanol–water partition coefficient (Wildman–Crippen LogP) is 4.14. The minimum atomic E-state index is 0.243. The van der Waals surface area contributed by atoms with Crippen molar-refractivity contribution in [2.75, 3.05) is 0 Å². The van der Waals surface area contributed by atoms with E-state index in [4.69, 9.17) is 4.98 Å². The quantitative estimate of drug-likeness (QED) is 0.506. The Balaban J connectivity index is 1.88. The summed E-state index contributed by atoms with van der Waals surface area (Å²) in [6.07, 6.45) is 0. The zero-order chi connectivity index (χ0) is 18.1. The van der Waals surface area contributed by atoms with Gasteiger partial charge in [-0.2, -0.15) is 0 Å². The maximum atomic E-state index is 9.54. The number of hydrogen-bond donors (Lipinski definition) is 2. The van der Waals surface area contributed by atoms with Crippen LogP contribution in [0, 0.1) is 0 Å². The molecule has 3 nitrogen and oxygen atoms in total. The van der Waals surface area contributed by atoms with E-state index in [-0.39, 0.29) is 5.75 Å². The fourth-order valence-corrected chi connectivity index (χ4v) is 3.14. The van der Waals surface area contributed by atoms with Crippen LogP contribution in [0.3, 0.4) is 0 Å². The summed E-state index contributed by atoms with van der Waals surface area (Å²) in [7, 11) is 2.08. The first-order chi connectivity index (χ1) is 12.6. The SMILES string of the molecule is Bc1ccc(-c2nc(-c3ccc(O)cc3)[nH]c2-c2ccc(Br)cc2)cc1. The lowest BCUT2D eigenvalue weighted by Gasteiger charge is -2.04. The van der Waals surface area contributed by atoms with E-state index < -0.39 is 0 Å². The average molecular weight is 403 g/mol. The van der Waals surface area contributed by atoms with E-state index in [2.05, 4.69) is 65.2 Å². The molecule has 0 aliphatic rings. The average Bonchev–Trinajstić information content (AvgIpc) is 3.09. The first-order valence-corrected chi connectivity index (χ1v) is 9.12. The molecule has 1 heterocycles. The van der Waals surface area contributed by atoms with E-state index in [0.29, 0.717) is 0 Å². The monoisotopic (exact) mass is 402 g/mol. The van der Waals surface area contributed by atoms with E-state index >= 15 is 0 Å². The Morgan fingerprint density at radius 2 is 1.35 bits per heavy atom. The summed E-state index contributed by atoms with van der Waals surface area (Å²) in [4.78, 5) is 8.32. The van der Waals surface area contributed by atoms with Crippen LogP contribution in [0.25, 0.3) is 33.9 Å². The number of halogens is 1. The Morgan fingerprint density at radius 1 is 0.769 bits per heavy atom. The van der Waals surface area contributed by atoms with Crippen molar-refractivity contribution in [3.05, 3.63) is 77.3 Å². The van der Waals surface area contributed by atoms with Gasteiger partial charge < -0.3 is 10.1 Å². The van der Waals surface area contributed by atoms with Crippen molar-refractivity contribution in [2.24, 2.45) is 0 Å². The molecule has 126 valence electrons. The van der Waals surface area contributed by atoms with Crippen LogP contribution in [-0.2, 0) is 0 Å². The van der Waals surface area contributed by atoms with Crippen molar-refractivity contribution >= 4 is 29.2 Å². The molecule has 0 amide bonds. The molecule has 0 fully saturated rings. The lowest BCUT2D eigenvalue weighted by atomic mass is 9.94. The number of aromatic nitrogens is 2. The van der Waals surface area contributed by atoms with Crippen LogP contribution in [0.5, 0.6) is 5.75 Å². The maximum absolute atomic E-state index is 9.54. The Kier molecular flexibility index (Phi) is 4.39. The smallest absolute Gasteiger partial charge is 0.139 e. The lowest BCUT2D eigenvalue weighted by molar-refractivity contribution is 0.475. The fourth-order valence-electron chi connectivity index (χ4n) is 2.88. The summed E-state index contributed by atoms with van der Waals surface area (Å²) in [5, 5.41) is 9.54. The van der Waals surface area contributed by atoms with Crippen LogP contribution >= 0.6 is 15.9 Å². The number of phenolic OH excluding ortho intramolecular Hbond substituents is 1. The van der Waals surface area contributed by atoms with Gasteiger partial charge in [-0.25, -0.2) is 4.98 Å². The summed E-state index contributed by atoms with van der Waals surface area (Å²) < 4.78 is 1.04. The Morgan fingerprint density at radius 3 is 2.00 bits per heavy atom. The molecule has 26 heavy (non-hydrogen) atoms. The molecule has 0 atom stereocenters. The highest BCUT2D eigenvalue weighted by Crippen LogP contribution is 2.33. The van der Waals surface area contributed by atoms with Gasteiger partial charge in [0.05, 0.1) is 11.4 Å². The van der Waals surface area contributed by atoms with Gasteiger partial charge in [0.25, 0.3) is 0 Å². The number of hydrogen-bond acceptors (Lipinski definition) is 2. The third-order valence-electron chi connectivity index (χ3n) is 4.30. The van der Waals surface area contributed by atoms with E-state index in [9.17, 15) is 5.11 Å². The summed E-state index contributed by atoms with van der Waals surface area (Å²) in [6, 6.07) is 23.6. The maximum Gasteiger partial charge on any atom is 0.139 e. The van der Waals surface area contributed by atoms with Crippen molar-refractivity contribution in [3.63, 3.8) is 0 Å². The minimum Gasteiger partial charge on any atom is -0.508 e. The van der Waals surface area contributed by atoms with Gasteiger partial charge in [-0.05, 0) is 36.4 Å². The zero-order valence-electron chi connectivity index (χ0n) is 14.2. The summed E-state index contributed by atoms with van der Waals surface area (Å²) in [5.41, 5.74) is 6.17. The Hall–Kier alpha value is -2.79. The number of phenols is 1. The first kappa shape index (κ1) is 16.7. The van der Waals surface area contributed by atoms with E-state index in [0.717, 1.165) is 38.4 Å². The number of benzene rings is 3. The largest absolute Gasteiger partial charge is 0.508 e. The number of rotatable bonds is 3. The van der Waals surface area contributed by atoms with Gasteiger partial charge in [0, 0.05) is 21.2 Å². The summed E-state index contributed by atoms with van der Waals surface area (Å²) in [5.74, 6) is 1.02. The molecule has 4 rings (SSSR count). The van der Waals surface area contributed by atoms with Crippen LogP contribution in [0.1, 0.15) is 0 Å². The molecule has 0 unspecified atom stereocenters. The first-order valence-electron chi connectivity index (χ1n) is 8.32. The number of aromatic hydroxyl groups is 1. The number of imidazole rings is 1. The summed E-state index contributed by atoms with van der Waals surface area (Å²) in [6.45, 7) is 0. The highest BCUT2D eigenvalue weighted by Gasteiger charge is 2.15. The molecule has 0 aliphatic carbocycles. The van der Waals surface area contributed by atoms with Gasteiger partial charge in [0.15, 0.2) is 0 Å². The van der Waals surface area contributed by atoms with Gasteiger partial charge in [0.1, 0.15) is 19.4 Å². The number of H-pyrrole nitrogens is 1. The molecular formula is C21H16BBrN2O. The van der Waals surface area contributed by atoms with E-state index in [1.165, 1.54) is 5.46 Å². The van der Waals surface area contributed by atoms with Crippen LogP contribution in [-0.4, -0.2) is 22.9 Å². The van der Waals surface area contributed by atoms with Crippen molar-refractivity contribution in [2.45, 2.75) is 0 Å². The van der Waals surface area contributed by atoms with Crippen LogP contribution in [0.15, 0.2) is 77.3 Å². The number of aromatic amines is 1. The highest BCUT2D eigenvalue weighted by atomic mass is 79.9. The zero-order valence-corrected chi connectivity index (χ0v) is 15.8. The molecule has 0 bridgehead atoms. The standard InChI is InChI=1S/C21H16BBrN2O/c22-16-7-1-13(2-8-16)19-20(14-3-9-17(23)10-4-14)25-21(24-19)15-5-11-18(26)12-6-15/h1-12,26H,22H2,(H,24,25). The van der Waals surface area contributed by atoms with Gasteiger partial charge in [-0.15, -0.1) is 0 Å².